The molecule has 1 aliphatic heterocycles. The first kappa shape index (κ1) is 30.8. The zero-order valence-corrected chi connectivity index (χ0v) is 26.0. The van der Waals surface area contributed by atoms with Gasteiger partial charge >= 0.3 is 5.97 Å². The first-order valence-electron chi connectivity index (χ1n) is 15.9. The Morgan fingerprint density at radius 1 is 1.04 bits per heavy atom. The lowest BCUT2D eigenvalue weighted by atomic mass is 9.97. The van der Waals surface area contributed by atoms with Crippen molar-refractivity contribution in [3.8, 4) is 16.9 Å². The molecule has 0 bridgehead atoms. The second-order valence-corrected chi connectivity index (χ2v) is 11.3. The van der Waals surface area contributed by atoms with Crippen molar-refractivity contribution in [3.05, 3.63) is 83.3 Å². The van der Waals surface area contributed by atoms with E-state index in [1.165, 1.54) is 0 Å². The number of aliphatic hydroxyl groups excluding tert-OH is 1. The fourth-order valence-corrected chi connectivity index (χ4v) is 6.29. The molecule has 9 heteroatoms. The largest absolute Gasteiger partial charge is 0.493 e. The van der Waals surface area contributed by atoms with Gasteiger partial charge in [-0.1, -0.05) is 54.6 Å². The number of aromatic amines is 1. The van der Waals surface area contributed by atoms with Crippen molar-refractivity contribution in [1.29, 1.82) is 0 Å². The summed E-state index contributed by atoms with van der Waals surface area (Å²) in [5.74, 6) is 0.457. The molecule has 1 fully saturated rings. The van der Waals surface area contributed by atoms with Crippen LogP contribution in [0.15, 0.2) is 60.7 Å². The number of para-hydroxylation sites is 1. The van der Waals surface area contributed by atoms with E-state index in [4.69, 9.17) is 24.0 Å². The molecule has 1 atom stereocenters. The second-order valence-electron chi connectivity index (χ2n) is 11.3. The third-order valence-electron chi connectivity index (χ3n) is 8.44. The molecule has 2 N–H and O–H groups in total. The van der Waals surface area contributed by atoms with Crippen LogP contribution in [0.4, 0.5) is 0 Å². The number of esters is 1. The molecule has 0 amide bonds. The van der Waals surface area contributed by atoms with Gasteiger partial charge in [0.2, 0.25) is 0 Å². The third kappa shape index (κ3) is 6.61. The van der Waals surface area contributed by atoms with Crippen LogP contribution < -0.4 is 4.74 Å². The number of nitrogens with zero attached hydrogens (tertiary/aromatic N) is 2. The number of rotatable bonds is 13. The van der Waals surface area contributed by atoms with Crippen LogP contribution in [0.25, 0.3) is 32.8 Å². The van der Waals surface area contributed by atoms with Crippen LogP contribution in [0, 0.1) is 0 Å². The Labute approximate surface area is 263 Å². The maximum absolute atomic E-state index is 13.2. The van der Waals surface area contributed by atoms with Crippen LogP contribution in [-0.4, -0.2) is 58.6 Å². The molecule has 9 nitrogen and oxygen atoms in total. The monoisotopic (exact) mass is 611 g/mol. The summed E-state index contributed by atoms with van der Waals surface area (Å²) in [6.07, 6.45) is 4.75. The lowest BCUT2D eigenvalue weighted by molar-refractivity contribution is -0.161. The predicted molar refractivity (Wildman–Crippen MR) is 173 cm³/mol. The van der Waals surface area contributed by atoms with Crippen molar-refractivity contribution in [1.82, 2.24) is 14.8 Å². The van der Waals surface area contributed by atoms with Gasteiger partial charge in [-0.3, -0.25) is 4.68 Å². The molecular weight excluding hydrogens is 570 g/mol. The maximum atomic E-state index is 13.2. The molecule has 6 rings (SSSR count). The van der Waals surface area contributed by atoms with E-state index in [1.54, 1.807) is 11.6 Å². The van der Waals surface area contributed by atoms with Crippen molar-refractivity contribution in [2.45, 2.75) is 58.3 Å². The van der Waals surface area contributed by atoms with E-state index in [-0.39, 0.29) is 25.5 Å². The number of H-pyrrole nitrogens is 1. The number of benzene rings is 3. The van der Waals surface area contributed by atoms with E-state index in [9.17, 15) is 9.90 Å². The smallest absolute Gasteiger partial charge is 0.355 e. The highest BCUT2D eigenvalue weighted by Gasteiger charge is 2.25. The van der Waals surface area contributed by atoms with Crippen LogP contribution in [0.1, 0.15) is 60.0 Å². The Morgan fingerprint density at radius 3 is 2.69 bits per heavy atom. The number of carbonyl (C=O) groups excluding carboxylic acids is 1. The Morgan fingerprint density at radius 2 is 1.87 bits per heavy atom. The number of ether oxygens (including phenoxy) is 4. The number of aliphatic hydroxyl groups is 1. The van der Waals surface area contributed by atoms with E-state index in [0.29, 0.717) is 43.9 Å². The molecule has 45 heavy (non-hydrogen) atoms. The topological polar surface area (TPSA) is 108 Å². The zero-order chi connectivity index (χ0) is 31.2. The lowest BCUT2D eigenvalue weighted by Gasteiger charge is -2.22. The quantitative estimate of drug-likeness (QED) is 0.116. The summed E-state index contributed by atoms with van der Waals surface area (Å²) in [6.45, 7) is 3.58. The Bertz CT molecular complexity index is 1760. The van der Waals surface area contributed by atoms with Gasteiger partial charge < -0.3 is 29.0 Å². The van der Waals surface area contributed by atoms with E-state index < -0.39 is 0 Å². The van der Waals surface area contributed by atoms with Gasteiger partial charge in [0.1, 0.15) is 11.4 Å². The van der Waals surface area contributed by atoms with Gasteiger partial charge in [-0.2, -0.15) is 5.10 Å². The van der Waals surface area contributed by atoms with Crippen LogP contribution >= 0.6 is 0 Å². The van der Waals surface area contributed by atoms with Crippen molar-refractivity contribution < 1.29 is 28.8 Å². The standard InChI is InChI=1S/C36H41N3O6/c1-3-42-36(41)35-27(16-10-21-43-31-17-8-12-24-11-4-5-13-25(24)31)26-14-9-15-28(34(26)37-35)33-29(38-39(2)30(33)23-40)19-22-45-32-18-6-7-20-44-32/h4-5,8-9,11-15,17,32,37,40H,3,6-7,10,16,18-23H2,1-2H3/t32-/m1/s1. The highest BCUT2D eigenvalue weighted by molar-refractivity contribution is 6.04. The highest BCUT2D eigenvalue weighted by Crippen LogP contribution is 2.37. The number of aromatic nitrogens is 3. The molecule has 1 aliphatic rings. The van der Waals surface area contributed by atoms with E-state index in [1.807, 2.05) is 49.5 Å². The van der Waals surface area contributed by atoms with E-state index in [0.717, 1.165) is 75.7 Å². The van der Waals surface area contributed by atoms with Crippen molar-refractivity contribution in [2.75, 3.05) is 26.4 Å². The minimum atomic E-state index is -0.390. The fraction of sp³-hybridized carbons (Fsp3) is 0.389. The number of carbonyl (C=O) groups is 1. The normalized spacial score (nSPS) is 15.1. The molecule has 2 aromatic heterocycles. The highest BCUT2D eigenvalue weighted by atomic mass is 16.7. The zero-order valence-electron chi connectivity index (χ0n) is 26.0. The van der Waals surface area contributed by atoms with Gasteiger partial charge in [-0.05, 0) is 56.0 Å². The molecular formula is C36H41N3O6. The minimum Gasteiger partial charge on any atom is -0.493 e. The van der Waals surface area contributed by atoms with Gasteiger partial charge in [-0.15, -0.1) is 0 Å². The summed E-state index contributed by atoms with van der Waals surface area (Å²) in [4.78, 5) is 16.6. The fourth-order valence-electron chi connectivity index (χ4n) is 6.29. The number of hydrogen-bond donors (Lipinski definition) is 2. The number of aryl methyl sites for hydroxylation is 2. The summed E-state index contributed by atoms with van der Waals surface area (Å²) < 4.78 is 25.2. The maximum Gasteiger partial charge on any atom is 0.355 e. The summed E-state index contributed by atoms with van der Waals surface area (Å²) >= 11 is 0. The Kier molecular flexibility index (Phi) is 9.78. The SMILES string of the molecule is CCOC(=O)c1[nH]c2c(-c3c(CCO[C@@H]4CCCCO4)nn(C)c3CO)cccc2c1CCCOc1cccc2ccccc12. The molecule has 0 aliphatic carbocycles. The molecule has 0 spiro atoms. The van der Waals surface area contributed by atoms with Gasteiger partial charge in [-0.25, -0.2) is 4.79 Å². The molecule has 236 valence electrons. The van der Waals surface area contributed by atoms with Gasteiger partial charge in [0.15, 0.2) is 6.29 Å². The summed E-state index contributed by atoms with van der Waals surface area (Å²) in [7, 11) is 1.84. The molecule has 0 radical (unpaired) electrons. The molecule has 3 heterocycles. The third-order valence-corrected chi connectivity index (χ3v) is 8.44. The molecule has 5 aromatic rings. The van der Waals surface area contributed by atoms with Crippen LogP contribution in [0.5, 0.6) is 5.75 Å². The van der Waals surface area contributed by atoms with Crippen LogP contribution in [-0.2, 0) is 40.7 Å². The number of hydrogen-bond acceptors (Lipinski definition) is 7. The first-order chi connectivity index (χ1) is 22.1. The minimum absolute atomic E-state index is 0.175. The average molecular weight is 612 g/mol. The predicted octanol–water partition coefficient (Wildman–Crippen LogP) is 6.49. The van der Waals surface area contributed by atoms with Gasteiger partial charge in [0.05, 0.1) is 43.3 Å². The van der Waals surface area contributed by atoms with Gasteiger partial charge in [0.25, 0.3) is 0 Å². The van der Waals surface area contributed by atoms with Crippen LogP contribution in [0.2, 0.25) is 0 Å². The average Bonchev–Trinajstić information content (AvgIpc) is 3.60. The van der Waals surface area contributed by atoms with Crippen molar-refractivity contribution >= 4 is 27.6 Å². The molecule has 3 aromatic carbocycles. The number of nitrogens with one attached hydrogen (secondary N) is 1. The summed E-state index contributed by atoms with van der Waals surface area (Å²) in [5.41, 5.74) is 5.38. The molecule has 1 saturated heterocycles. The lowest BCUT2D eigenvalue weighted by Crippen LogP contribution is -2.23. The van der Waals surface area contributed by atoms with Crippen LogP contribution in [0.3, 0.4) is 0 Å². The van der Waals surface area contributed by atoms with Crippen molar-refractivity contribution in [3.63, 3.8) is 0 Å². The van der Waals surface area contributed by atoms with Crippen molar-refractivity contribution in [2.24, 2.45) is 7.05 Å². The van der Waals surface area contributed by atoms with Gasteiger partial charge in [0, 0.05) is 42.0 Å². The first-order valence-corrected chi connectivity index (χ1v) is 15.9. The van der Waals surface area contributed by atoms with E-state index >= 15 is 0 Å². The Hall–Kier alpha value is -4.18. The molecule has 0 unspecified atom stereocenters. The second kappa shape index (κ2) is 14.3. The Balaban J connectivity index is 1.28. The molecule has 0 saturated carbocycles. The summed E-state index contributed by atoms with van der Waals surface area (Å²) in [6, 6.07) is 20.3. The number of fused-ring (bicyclic) bond motifs is 2. The van der Waals surface area contributed by atoms with E-state index in [2.05, 4.69) is 23.2 Å². The summed E-state index contributed by atoms with van der Waals surface area (Å²) in [5, 5.41) is 18.3.